The van der Waals surface area contributed by atoms with Gasteiger partial charge >= 0.3 is 0 Å². The van der Waals surface area contributed by atoms with E-state index in [0.29, 0.717) is 28.4 Å². The number of fused-ring (bicyclic) bond motifs is 1. The number of carbonyl (C=O) groups is 2. The third-order valence-electron chi connectivity index (χ3n) is 6.11. The lowest BCUT2D eigenvalue weighted by Crippen LogP contribution is -2.32. The van der Waals surface area contributed by atoms with Crippen LogP contribution in [0.1, 0.15) is 56.4 Å². The van der Waals surface area contributed by atoms with E-state index < -0.39 is 0 Å². The minimum atomic E-state index is -0.171. The van der Waals surface area contributed by atoms with Gasteiger partial charge in [-0.2, -0.15) is 0 Å². The first-order chi connectivity index (χ1) is 15.9. The Morgan fingerprint density at radius 3 is 2.52 bits per heavy atom. The summed E-state index contributed by atoms with van der Waals surface area (Å²) in [5, 5.41) is 3.56. The number of amides is 2. The van der Waals surface area contributed by atoms with E-state index in [1.165, 1.54) is 0 Å². The van der Waals surface area contributed by atoms with Gasteiger partial charge in [0.15, 0.2) is 0 Å². The van der Waals surface area contributed by atoms with Crippen molar-refractivity contribution in [2.75, 3.05) is 23.9 Å². The van der Waals surface area contributed by atoms with Gasteiger partial charge in [0.05, 0.1) is 6.10 Å². The molecule has 0 aliphatic carbocycles. The summed E-state index contributed by atoms with van der Waals surface area (Å²) in [5.74, 6) is -0.250. The molecular weight excluding hydrogens is 436 g/mol. The zero-order valence-corrected chi connectivity index (χ0v) is 19.8. The van der Waals surface area contributed by atoms with Crippen molar-refractivity contribution < 1.29 is 14.3 Å². The molecule has 0 bridgehead atoms. The summed E-state index contributed by atoms with van der Waals surface area (Å²) in [6, 6.07) is 18.4. The van der Waals surface area contributed by atoms with E-state index in [4.69, 9.17) is 16.3 Å². The van der Waals surface area contributed by atoms with E-state index in [0.717, 1.165) is 35.2 Å². The average molecular weight is 463 g/mol. The number of hydrogen-bond donors (Lipinski definition) is 1. The van der Waals surface area contributed by atoms with E-state index in [1.54, 1.807) is 36.3 Å². The van der Waals surface area contributed by atoms with Crippen molar-refractivity contribution in [2.45, 2.75) is 32.8 Å². The molecule has 1 aliphatic heterocycles. The second kappa shape index (κ2) is 9.77. The number of anilines is 2. The predicted molar refractivity (Wildman–Crippen MR) is 132 cm³/mol. The standard InChI is InChI=1S/C27H27ClN2O3/c1-17-7-4-5-8-21(17)26(31)29-20-11-12-22(18(2)15-20)27(32)30-14-6-9-25(33-3)23-16-19(28)10-13-24(23)30/h4-5,7-8,10-13,15-16,25H,6,9,14H2,1-3H3,(H,29,31). The van der Waals surface area contributed by atoms with Crippen LogP contribution in [0.3, 0.4) is 0 Å². The third kappa shape index (κ3) is 4.80. The van der Waals surface area contributed by atoms with Crippen molar-refractivity contribution >= 4 is 34.8 Å². The molecule has 1 unspecified atom stereocenters. The third-order valence-corrected chi connectivity index (χ3v) is 6.34. The Kier molecular flexibility index (Phi) is 6.82. The van der Waals surface area contributed by atoms with Gasteiger partial charge in [0.25, 0.3) is 11.8 Å². The number of aryl methyl sites for hydroxylation is 2. The van der Waals surface area contributed by atoms with Crippen molar-refractivity contribution in [3.05, 3.63) is 93.5 Å². The quantitative estimate of drug-likeness (QED) is 0.492. The lowest BCUT2D eigenvalue weighted by Gasteiger charge is -2.25. The highest BCUT2D eigenvalue weighted by atomic mass is 35.5. The van der Waals surface area contributed by atoms with Gasteiger partial charge in [-0.15, -0.1) is 0 Å². The van der Waals surface area contributed by atoms with Crippen LogP contribution in [0.4, 0.5) is 11.4 Å². The Hall–Kier alpha value is -3.15. The minimum Gasteiger partial charge on any atom is -0.377 e. The van der Waals surface area contributed by atoms with Crippen LogP contribution >= 0.6 is 11.6 Å². The average Bonchev–Trinajstić information content (AvgIpc) is 2.98. The van der Waals surface area contributed by atoms with Crippen LogP contribution in [-0.4, -0.2) is 25.5 Å². The fraction of sp³-hybridized carbons (Fsp3) is 0.259. The van der Waals surface area contributed by atoms with Gasteiger partial charge in [-0.1, -0.05) is 29.8 Å². The second-order valence-electron chi connectivity index (χ2n) is 8.33. The summed E-state index contributed by atoms with van der Waals surface area (Å²) < 4.78 is 5.67. The maximum Gasteiger partial charge on any atom is 0.258 e. The molecule has 0 saturated heterocycles. The number of rotatable bonds is 4. The lowest BCUT2D eigenvalue weighted by atomic mass is 10.0. The topological polar surface area (TPSA) is 58.6 Å². The molecular formula is C27H27ClN2O3. The molecule has 1 N–H and O–H groups in total. The van der Waals surface area contributed by atoms with Crippen LogP contribution in [0.2, 0.25) is 5.02 Å². The van der Waals surface area contributed by atoms with Crippen molar-refractivity contribution in [2.24, 2.45) is 0 Å². The van der Waals surface area contributed by atoms with E-state index >= 15 is 0 Å². The molecule has 4 rings (SSSR count). The smallest absolute Gasteiger partial charge is 0.258 e. The molecule has 0 aromatic heterocycles. The Morgan fingerprint density at radius 2 is 1.79 bits per heavy atom. The molecule has 33 heavy (non-hydrogen) atoms. The minimum absolute atomic E-state index is 0.0791. The van der Waals surface area contributed by atoms with E-state index in [1.807, 2.05) is 50.2 Å². The maximum absolute atomic E-state index is 13.6. The normalized spacial score (nSPS) is 15.5. The lowest BCUT2D eigenvalue weighted by molar-refractivity contribution is 0.0960. The zero-order valence-electron chi connectivity index (χ0n) is 19.0. The highest BCUT2D eigenvalue weighted by Crippen LogP contribution is 2.37. The van der Waals surface area contributed by atoms with E-state index in [2.05, 4.69) is 5.32 Å². The van der Waals surface area contributed by atoms with Crippen LogP contribution in [0, 0.1) is 13.8 Å². The first-order valence-corrected chi connectivity index (χ1v) is 11.4. The molecule has 6 heteroatoms. The molecule has 0 spiro atoms. The monoisotopic (exact) mass is 462 g/mol. The second-order valence-corrected chi connectivity index (χ2v) is 8.76. The molecule has 1 heterocycles. The fourth-order valence-electron chi connectivity index (χ4n) is 4.35. The van der Waals surface area contributed by atoms with Crippen LogP contribution < -0.4 is 10.2 Å². The molecule has 2 amide bonds. The Bertz CT molecular complexity index is 1210. The van der Waals surface area contributed by atoms with Gasteiger partial charge in [-0.05, 0) is 80.3 Å². The summed E-state index contributed by atoms with van der Waals surface area (Å²) in [4.78, 5) is 28.1. The van der Waals surface area contributed by atoms with Gasteiger partial charge < -0.3 is 15.0 Å². The SMILES string of the molecule is COC1CCCN(C(=O)c2ccc(NC(=O)c3ccccc3C)cc2C)c2ccc(Cl)cc21. The molecule has 3 aromatic rings. The van der Waals surface area contributed by atoms with E-state index in [9.17, 15) is 9.59 Å². The number of nitrogens with one attached hydrogen (secondary N) is 1. The predicted octanol–water partition coefficient (Wildman–Crippen LogP) is 6.34. The Labute approximate surface area is 199 Å². The van der Waals surface area contributed by atoms with E-state index in [-0.39, 0.29) is 17.9 Å². The number of hydrogen-bond acceptors (Lipinski definition) is 3. The van der Waals surface area contributed by atoms with Crippen molar-refractivity contribution in [1.82, 2.24) is 0 Å². The first-order valence-electron chi connectivity index (χ1n) is 11.0. The molecule has 3 aromatic carbocycles. The number of halogens is 1. The molecule has 1 atom stereocenters. The molecule has 1 aliphatic rings. The van der Waals surface area contributed by atoms with Gasteiger partial charge in [0.1, 0.15) is 0 Å². The fourth-order valence-corrected chi connectivity index (χ4v) is 4.53. The summed E-state index contributed by atoms with van der Waals surface area (Å²) >= 11 is 6.24. The van der Waals surface area contributed by atoms with Crippen molar-refractivity contribution in [1.29, 1.82) is 0 Å². The van der Waals surface area contributed by atoms with Crippen LogP contribution in [0.15, 0.2) is 60.7 Å². The number of ether oxygens (including phenoxy) is 1. The highest BCUT2D eigenvalue weighted by molar-refractivity contribution is 6.30. The molecule has 170 valence electrons. The molecule has 0 radical (unpaired) electrons. The maximum atomic E-state index is 13.6. The highest BCUT2D eigenvalue weighted by Gasteiger charge is 2.28. The summed E-state index contributed by atoms with van der Waals surface area (Å²) in [6.07, 6.45) is 1.54. The number of carbonyl (C=O) groups excluding carboxylic acids is 2. The van der Waals surface area contributed by atoms with Crippen molar-refractivity contribution in [3.8, 4) is 0 Å². The Morgan fingerprint density at radius 1 is 1.00 bits per heavy atom. The zero-order chi connectivity index (χ0) is 23.5. The number of methoxy groups -OCH3 is 1. The first kappa shape index (κ1) is 23.0. The molecule has 5 nitrogen and oxygen atoms in total. The summed E-state index contributed by atoms with van der Waals surface area (Å²) in [7, 11) is 1.68. The van der Waals surface area contributed by atoms with Crippen molar-refractivity contribution in [3.63, 3.8) is 0 Å². The van der Waals surface area contributed by atoms with Gasteiger partial charge in [0.2, 0.25) is 0 Å². The summed E-state index contributed by atoms with van der Waals surface area (Å²) in [5.41, 5.74) is 5.34. The van der Waals surface area contributed by atoms with Crippen LogP contribution in [0.5, 0.6) is 0 Å². The number of nitrogens with zero attached hydrogens (tertiary/aromatic N) is 1. The van der Waals surface area contributed by atoms with Gasteiger partial charge in [-0.3, -0.25) is 9.59 Å². The van der Waals surface area contributed by atoms with Crippen LogP contribution in [-0.2, 0) is 4.74 Å². The largest absolute Gasteiger partial charge is 0.377 e. The molecule has 0 saturated carbocycles. The van der Waals surface area contributed by atoms with Gasteiger partial charge in [0, 0.05) is 46.7 Å². The Balaban J connectivity index is 1.60. The van der Waals surface area contributed by atoms with Crippen LogP contribution in [0.25, 0.3) is 0 Å². The van der Waals surface area contributed by atoms with Gasteiger partial charge in [-0.25, -0.2) is 0 Å². The number of benzene rings is 3. The molecule has 0 fully saturated rings. The summed E-state index contributed by atoms with van der Waals surface area (Å²) in [6.45, 7) is 4.38.